The first-order valence-electron chi connectivity index (χ1n) is 5.29. The van der Waals surface area contributed by atoms with Crippen LogP contribution >= 0.6 is 11.8 Å². The lowest BCUT2D eigenvalue weighted by atomic mass is 9.96. The zero-order valence-electron chi connectivity index (χ0n) is 9.58. The summed E-state index contributed by atoms with van der Waals surface area (Å²) in [7, 11) is 0. The molecule has 1 aliphatic carbocycles. The van der Waals surface area contributed by atoms with Gasteiger partial charge in [-0.25, -0.2) is 9.59 Å². The molecule has 1 rings (SSSR count). The predicted octanol–water partition coefficient (Wildman–Crippen LogP) is 0.902. The Labute approximate surface area is 99.4 Å². The van der Waals surface area contributed by atoms with Gasteiger partial charge in [0.15, 0.2) is 0 Å². The molecule has 6 heteroatoms. The second-order valence-corrected chi connectivity index (χ2v) is 5.14. The van der Waals surface area contributed by atoms with E-state index in [0.29, 0.717) is 6.54 Å². The second kappa shape index (κ2) is 5.43. The van der Waals surface area contributed by atoms with Crippen LogP contribution < -0.4 is 10.6 Å². The summed E-state index contributed by atoms with van der Waals surface area (Å²) in [5.74, 6) is -0.0769. The Hall–Kier alpha value is -0.910. The standard InChI is InChI=1S/C10H18N2O3S/c1-10(8(13)14,7-3-4-7)12-9(15)11-5-6-16-2/h7H,3-6H2,1-2H3,(H,13,14)(H2,11,12,15). The number of urea groups is 1. The Morgan fingerprint density at radius 1 is 1.50 bits per heavy atom. The molecule has 16 heavy (non-hydrogen) atoms. The number of carboxylic acid groups (broad SMARTS) is 1. The maximum atomic E-state index is 11.5. The van der Waals surface area contributed by atoms with Gasteiger partial charge < -0.3 is 15.7 Å². The van der Waals surface area contributed by atoms with E-state index in [9.17, 15) is 9.59 Å². The molecular formula is C10H18N2O3S. The summed E-state index contributed by atoms with van der Waals surface area (Å²) >= 11 is 1.63. The normalized spacial score (nSPS) is 18.6. The van der Waals surface area contributed by atoms with Gasteiger partial charge in [0.1, 0.15) is 5.54 Å². The molecule has 1 atom stereocenters. The van der Waals surface area contributed by atoms with Crippen LogP contribution in [0.3, 0.4) is 0 Å². The average Bonchev–Trinajstić information content (AvgIpc) is 3.00. The number of amides is 2. The quantitative estimate of drug-likeness (QED) is 0.608. The van der Waals surface area contributed by atoms with Gasteiger partial charge in [-0.15, -0.1) is 0 Å². The van der Waals surface area contributed by atoms with Gasteiger partial charge in [-0.05, 0) is 31.9 Å². The number of carbonyl (C=O) groups excluding carboxylic acids is 1. The van der Waals surface area contributed by atoms with Crippen molar-refractivity contribution < 1.29 is 14.7 Å². The van der Waals surface area contributed by atoms with Crippen molar-refractivity contribution in [3.05, 3.63) is 0 Å². The number of thioether (sulfide) groups is 1. The number of rotatable bonds is 6. The zero-order chi connectivity index (χ0) is 12.2. The monoisotopic (exact) mass is 246 g/mol. The lowest BCUT2D eigenvalue weighted by Crippen LogP contribution is -2.56. The van der Waals surface area contributed by atoms with Crippen LogP contribution in [-0.4, -0.2) is 41.2 Å². The molecule has 0 radical (unpaired) electrons. The highest BCUT2D eigenvalue weighted by atomic mass is 32.2. The second-order valence-electron chi connectivity index (χ2n) is 4.16. The highest BCUT2D eigenvalue weighted by Crippen LogP contribution is 2.39. The molecule has 1 unspecified atom stereocenters. The van der Waals surface area contributed by atoms with Crippen molar-refractivity contribution in [2.45, 2.75) is 25.3 Å². The van der Waals surface area contributed by atoms with E-state index >= 15 is 0 Å². The molecule has 5 nitrogen and oxygen atoms in total. The van der Waals surface area contributed by atoms with Crippen molar-refractivity contribution in [3.63, 3.8) is 0 Å². The van der Waals surface area contributed by atoms with Gasteiger partial charge in [-0.1, -0.05) is 0 Å². The zero-order valence-corrected chi connectivity index (χ0v) is 10.4. The summed E-state index contributed by atoms with van der Waals surface area (Å²) in [5.41, 5.74) is -1.12. The fourth-order valence-corrected chi connectivity index (χ4v) is 1.84. The van der Waals surface area contributed by atoms with Crippen LogP contribution in [0.1, 0.15) is 19.8 Å². The van der Waals surface area contributed by atoms with Gasteiger partial charge in [0.2, 0.25) is 0 Å². The van der Waals surface area contributed by atoms with Gasteiger partial charge in [-0.3, -0.25) is 0 Å². The lowest BCUT2D eigenvalue weighted by Gasteiger charge is -2.26. The van der Waals surface area contributed by atoms with Crippen molar-refractivity contribution >= 4 is 23.8 Å². The van der Waals surface area contributed by atoms with Crippen LogP contribution in [0, 0.1) is 5.92 Å². The maximum absolute atomic E-state index is 11.5. The molecule has 1 fully saturated rings. The molecule has 0 aliphatic heterocycles. The molecule has 1 aliphatic rings. The predicted molar refractivity (Wildman–Crippen MR) is 63.7 cm³/mol. The molecular weight excluding hydrogens is 228 g/mol. The highest BCUT2D eigenvalue weighted by Gasteiger charge is 2.48. The first kappa shape index (κ1) is 13.2. The largest absolute Gasteiger partial charge is 0.480 e. The Bertz CT molecular complexity index is 281. The molecule has 2 amide bonds. The van der Waals surface area contributed by atoms with Gasteiger partial charge in [0.05, 0.1) is 0 Å². The molecule has 0 aromatic carbocycles. The number of carbonyl (C=O) groups is 2. The van der Waals surface area contributed by atoms with E-state index in [1.807, 2.05) is 6.26 Å². The maximum Gasteiger partial charge on any atom is 0.329 e. The van der Waals surface area contributed by atoms with E-state index < -0.39 is 17.5 Å². The van der Waals surface area contributed by atoms with Crippen LogP contribution in [0.4, 0.5) is 4.79 Å². The first-order chi connectivity index (χ1) is 7.50. The van der Waals surface area contributed by atoms with Gasteiger partial charge in [0.25, 0.3) is 0 Å². The Morgan fingerprint density at radius 2 is 2.12 bits per heavy atom. The molecule has 92 valence electrons. The smallest absolute Gasteiger partial charge is 0.329 e. The fraction of sp³-hybridized carbons (Fsp3) is 0.800. The molecule has 0 bridgehead atoms. The van der Waals surface area contributed by atoms with Crippen molar-refractivity contribution in [1.82, 2.24) is 10.6 Å². The SMILES string of the molecule is CSCCNC(=O)NC(C)(C(=O)O)C1CC1. The van der Waals surface area contributed by atoms with E-state index in [-0.39, 0.29) is 5.92 Å². The highest BCUT2D eigenvalue weighted by molar-refractivity contribution is 7.98. The van der Waals surface area contributed by atoms with Crippen molar-refractivity contribution in [2.24, 2.45) is 5.92 Å². The number of nitrogens with one attached hydrogen (secondary N) is 2. The summed E-state index contributed by atoms with van der Waals surface area (Å²) in [5, 5.41) is 14.3. The topological polar surface area (TPSA) is 78.4 Å². The molecule has 0 saturated heterocycles. The molecule has 0 aromatic heterocycles. The minimum Gasteiger partial charge on any atom is -0.480 e. The van der Waals surface area contributed by atoms with Crippen LogP contribution in [-0.2, 0) is 4.79 Å². The van der Waals surface area contributed by atoms with Crippen LogP contribution in [0.25, 0.3) is 0 Å². The number of hydrogen-bond acceptors (Lipinski definition) is 3. The van der Waals surface area contributed by atoms with Crippen molar-refractivity contribution in [3.8, 4) is 0 Å². The first-order valence-corrected chi connectivity index (χ1v) is 6.68. The number of carboxylic acids is 1. The molecule has 0 spiro atoms. The van der Waals surface area contributed by atoms with Crippen LogP contribution in [0.2, 0.25) is 0 Å². The number of aliphatic carboxylic acids is 1. The minimum atomic E-state index is -1.12. The lowest BCUT2D eigenvalue weighted by molar-refractivity contribution is -0.144. The summed E-state index contributed by atoms with van der Waals surface area (Å²) in [6.45, 7) is 2.12. The Kier molecular flexibility index (Phi) is 4.46. The Balaban J connectivity index is 2.43. The summed E-state index contributed by atoms with van der Waals surface area (Å²) in [6, 6.07) is -0.397. The minimum absolute atomic E-state index is 0.0660. The van der Waals surface area contributed by atoms with Gasteiger partial charge >= 0.3 is 12.0 Å². The molecule has 1 saturated carbocycles. The molecule has 0 aromatic rings. The van der Waals surface area contributed by atoms with Gasteiger partial charge in [-0.2, -0.15) is 11.8 Å². The van der Waals surface area contributed by atoms with Crippen LogP contribution in [0.5, 0.6) is 0 Å². The van der Waals surface area contributed by atoms with Crippen molar-refractivity contribution in [2.75, 3.05) is 18.6 Å². The van der Waals surface area contributed by atoms with E-state index in [4.69, 9.17) is 5.11 Å². The van der Waals surface area contributed by atoms with Crippen molar-refractivity contribution in [1.29, 1.82) is 0 Å². The van der Waals surface area contributed by atoms with E-state index in [1.54, 1.807) is 18.7 Å². The third-order valence-corrected chi connectivity index (χ3v) is 3.42. The third kappa shape index (κ3) is 3.30. The van der Waals surface area contributed by atoms with E-state index in [0.717, 1.165) is 18.6 Å². The summed E-state index contributed by atoms with van der Waals surface area (Å²) < 4.78 is 0. The third-order valence-electron chi connectivity index (χ3n) is 2.80. The molecule has 0 heterocycles. The summed E-state index contributed by atoms with van der Waals surface area (Å²) in [6.07, 6.45) is 3.69. The average molecular weight is 246 g/mol. The summed E-state index contributed by atoms with van der Waals surface area (Å²) in [4.78, 5) is 22.6. The van der Waals surface area contributed by atoms with E-state index in [2.05, 4.69) is 10.6 Å². The Morgan fingerprint density at radius 3 is 2.56 bits per heavy atom. The van der Waals surface area contributed by atoms with E-state index in [1.165, 1.54) is 0 Å². The van der Waals surface area contributed by atoms with Gasteiger partial charge in [0, 0.05) is 12.3 Å². The van der Waals surface area contributed by atoms with Crippen LogP contribution in [0.15, 0.2) is 0 Å². The fourth-order valence-electron chi connectivity index (χ4n) is 1.54. The number of hydrogen-bond donors (Lipinski definition) is 3. The molecule has 3 N–H and O–H groups in total.